The molecule has 1 aromatic carbocycles. The van der Waals surface area contributed by atoms with E-state index in [1.54, 1.807) is 7.11 Å². The van der Waals surface area contributed by atoms with Gasteiger partial charge >= 0.3 is 0 Å². The Balaban J connectivity index is 2.70. The average Bonchev–Trinajstić information content (AvgIpc) is 2.44. The van der Waals surface area contributed by atoms with E-state index < -0.39 is 0 Å². The third-order valence-corrected chi connectivity index (χ3v) is 3.34. The SMILES string of the molecule is COc1cc(C(C)C)cc(CCC/C=C\CCO)c1O. The molecule has 0 fully saturated rings. The number of phenolic OH excluding ortho intramolecular Hbond substituents is 1. The van der Waals surface area contributed by atoms with Crippen LogP contribution in [0.15, 0.2) is 24.3 Å². The molecule has 0 aliphatic rings. The highest BCUT2D eigenvalue weighted by Gasteiger charge is 2.11. The number of unbranched alkanes of at least 4 members (excludes halogenated alkanes) is 1. The molecule has 3 nitrogen and oxygen atoms in total. The number of phenols is 1. The molecule has 112 valence electrons. The van der Waals surface area contributed by atoms with Crippen molar-refractivity contribution < 1.29 is 14.9 Å². The topological polar surface area (TPSA) is 49.7 Å². The zero-order chi connectivity index (χ0) is 15.0. The maximum absolute atomic E-state index is 10.2. The monoisotopic (exact) mass is 278 g/mol. The van der Waals surface area contributed by atoms with E-state index in [2.05, 4.69) is 26.0 Å². The van der Waals surface area contributed by atoms with Crippen molar-refractivity contribution in [1.82, 2.24) is 0 Å². The fourth-order valence-electron chi connectivity index (χ4n) is 2.09. The lowest BCUT2D eigenvalue weighted by Crippen LogP contribution is -1.96. The van der Waals surface area contributed by atoms with Crippen molar-refractivity contribution in [2.75, 3.05) is 13.7 Å². The number of aliphatic hydroxyl groups is 1. The Morgan fingerprint density at radius 3 is 2.50 bits per heavy atom. The van der Waals surface area contributed by atoms with Gasteiger partial charge in [-0.3, -0.25) is 0 Å². The average molecular weight is 278 g/mol. The molecule has 0 amide bonds. The lowest BCUT2D eigenvalue weighted by Gasteiger charge is -2.14. The summed E-state index contributed by atoms with van der Waals surface area (Å²) in [6.07, 6.45) is 7.53. The lowest BCUT2D eigenvalue weighted by atomic mass is 9.97. The highest BCUT2D eigenvalue weighted by molar-refractivity contribution is 5.49. The van der Waals surface area contributed by atoms with Crippen LogP contribution in [0.25, 0.3) is 0 Å². The van der Waals surface area contributed by atoms with Crippen LogP contribution < -0.4 is 4.74 Å². The van der Waals surface area contributed by atoms with Gasteiger partial charge in [0, 0.05) is 6.61 Å². The summed E-state index contributed by atoms with van der Waals surface area (Å²) in [6.45, 7) is 4.46. The molecule has 0 radical (unpaired) electrons. The van der Waals surface area contributed by atoms with Gasteiger partial charge in [0.05, 0.1) is 7.11 Å². The first-order valence-electron chi connectivity index (χ1n) is 7.25. The summed E-state index contributed by atoms with van der Waals surface area (Å²) in [5.41, 5.74) is 2.13. The third kappa shape index (κ3) is 4.89. The smallest absolute Gasteiger partial charge is 0.161 e. The van der Waals surface area contributed by atoms with Crippen LogP contribution in [0.5, 0.6) is 11.5 Å². The van der Waals surface area contributed by atoms with E-state index in [0.29, 0.717) is 18.1 Å². The van der Waals surface area contributed by atoms with E-state index >= 15 is 0 Å². The summed E-state index contributed by atoms with van der Waals surface area (Å²) in [4.78, 5) is 0. The van der Waals surface area contributed by atoms with Crippen LogP contribution in [0.2, 0.25) is 0 Å². The number of hydrogen-bond acceptors (Lipinski definition) is 3. The summed E-state index contributed by atoms with van der Waals surface area (Å²) in [5, 5.41) is 18.8. The summed E-state index contributed by atoms with van der Waals surface area (Å²) in [5.74, 6) is 1.23. The summed E-state index contributed by atoms with van der Waals surface area (Å²) < 4.78 is 5.24. The summed E-state index contributed by atoms with van der Waals surface area (Å²) >= 11 is 0. The van der Waals surface area contributed by atoms with Crippen LogP contribution in [-0.2, 0) is 6.42 Å². The molecule has 2 N–H and O–H groups in total. The van der Waals surface area contributed by atoms with Gasteiger partial charge in [-0.05, 0) is 48.8 Å². The highest BCUT2D eigenvalue weighted by Crippen LogP contribution is 2.34. The van der Waals surface area contributed by atoms with Gasteiger partial charge in [0.25, 0.3) is 0 Å². The normalized spacial score (nSPS) is 11.4. The van der Waals surface area contributed by atoms with Gasteiger partial charge in [0.2, 0.25) is 0 Å². The van der Waals surface area contributed by atoms with Gasteiger partial charge in [-0.15, -0.1) is 0 Å². The Morgan fingerprint density at radius 1 is 1.20 bits per heavy atom. The van der Waals surface area contributed by atoms with Crippen molar-refractivity contribution in [3.05, 3.63) is 35.4 Å². The molecule has 0 atom stereocenters. The molecule has 0 heterocycles. The molecule has 0 aliphatic carbocycles. The number of aromatic hydroxyl groups is 1. The van der Waals surface area contributed by atoms with Gasteiger partial charge in [0.1, 0.15) is 0 Å². The Labute approximate surface area is 121 Å². The highest BCUT2D eigenvalue weighted by atomic mass is 16.5. The van der Waals surface area contributed by atoms with Crippen molar-refractivity contribution in [3.8, 4) is 11.5 Å². The van der Waals surface area contributed by atoms with E-state index in [1.807, 2.05) is 12.1 Å². The van der Waals surface area contributed by atoms with Crippen molar-refractivity contribution in [1.29, 1.82) is 0 Å². The van der Waals surface area contributed by atoms with E-state index in [9.17, 15) is 5.11 Å². The number of ether oxygens (including phenoxy) is 1. The Morgan fingerprint density at radius 2 is 1.90 bits per heavy atom. The molecule has 0 spiro atoms. The van der Waals surface area contributed by atoms with E-state index in [1.165, 1.54) is 5.56 Å². The fourth-order valence-corrected chi connectivity index (χ4v) is 2.09. The van der Waals surface area contributed by atoms with Crippen molar-refractivity contribution >= 4 is 0 Å². The Kier molecular flexibility index (Phi) is 7.16. The predicted octanol–water partition coefficient (Wildman–Crippen LogP) is 3.79. The number of aliphatic hydroxyl groups excluding tert-OH is 1. The molecule has 3 heteroatoms. The first kappa shape index (κ1) is 16.6. The molecular weight excluding hydrogens is 252 g/mol. The molecule has 20 heavy (non-hydrogen) atoms. The van der Waals surface area contributed by atoms with Gasteiger partial charge in [0.15, 0.2) is 11.5 Å². The molecule has 0 saturated carbocycles. The van der Waals surface area contributed by atoms with Crippen LogP contribution in [-0.4, -0.2) is 23.9 Å². The molecule has 0 aromatic heterocycles. The minimum absolute atomic E-state index is 0.199. The molecule has 1 rings (SSSR count). The maximum atomic E-state index is 10.2. The number of allylic oxidation sites excluding steroid dienone is 1. The van der Waals surface area contributed by atoms with E-state index in [0.717, 1.165) is 24.8 Å². The largest absolute Gasteiger partial charge is 0.504 e. The first-order valence-corrected chi connectivity index (χ1v) is 7.25. The molecular formula is C17H26O3. The maximum Gasteiger partial charge on any atom is 0.161 e. The number of hydrogen-bond donors (Lipinski definition) is 2. The van der Waals surface area contributed by atoms with Gasteiger partial charge in [-0.1, -0.05) is 32.1 Å². The third-order valence-electron chi connectivity index (χ3n) is 3.34. The molecule has 1 aromatic rings. The number of benzene rings is 1. The number of rotatable bonds is 8. The van der Waals surface area contributed by atoms with Crippen molar-refractivity contribution in [2.24, 2.45) is 0 Å². The first-order chi connectivity index (χ1) is 9.60. The standard InChI is InChI=1S/C17H26O3/c1-13(2)15-11-14(17(19)16(12-15)20-3)9-7-5-4-6-8-10-18/h4,6,11-13,18-19H,5,7-10H2,1-3H3/b6-4-. The summed E-state index contributed by atoms with van der Waals surface area (Å²) in [6, 6.07) is 3.98. The fraction of sp³-hybridized carbons (Fsp3) is 0.529. The van der Waals surface area contributed by atoms with Crippen molar-refractivity contribution in [3.63, 3.8) is 0 Å². The second-order valence-corrected chi connectivity index (χ2v) is 5.26. The number of aryl methyl sites for hydroxylation is 1. The zero-order valence-corrected chi connectivity index (χ0v) is 12.7. The number of methoxy groups -OCH3 is 1. The molecule has 0 aliphatic heterocycles. The van der Waals surface area contributed by atoms with E-state index in [4.69, 9.17) is 9.84 Å². The van der Waals surface area contributed by atoms with Crippen LogP contribution in [0, 0.1) is 0 Å². The van der Waals surface area contributed by atoms with Crippen LogP contribution in [0.1, 0.15) is 50.2 Å². The van der Waals surface area contributed by atoms with Crippen LogP contribution in [0.4, 0.5) is 0 Å². The van der Waals surface area contributed by atoms with Crippen LogP contribution in [0.3, 0.4) is 0 Å². The van der Waals surface area contributed by atoms with E-state index in [-0.39, 0.29) is 12.4 Å². The van der Waals surface area contributed by atoms with Gasteiger partial charge < -0.3 is 14.9 Å². The quantitative estimate of drug-likeness (QED) is 0.562. The minimum Gasteiger partial charge on any atom is -0.504 e. The lowest BCUT2D eigenvalue weighted by molar-refractivity contribution is 0.302. The molecule has 0 saturated heterocycles. The Bertz CT molecular complexity index is 436. The second kappa shape index (κ2) is 8.64. The summed E-state index contributed by atoms with van der Waals surface area (Å²) in [7, 11) is 1.58. The Hall–Kier alpha value is -1.48. The zero-order valence-electron chi connectivity index (χ0n) is 12.7. The van der Waals surface area contributed by atoms with Gasteiger partial charge in [-0.25, -0.2) is 0 Å². The molecule has 0 unspecified atom stereocenters. The van der Waals surface area contributed by atoms with Gasteiger partial charge in [-0.2, -0.15) is 0 Å². The van der Waals surface area contributed by atoms with Crippen LogP contribution >= 0.6 is 0 Å². The minimum atomic E-state index is 0.199. The molecule has 0 bridgehead atoms. The van der Waals surface area contributed by atoms with Crippen molar-refractivity contribution in [2.45, 2.75) is 45.4 Å². The second-order valence-electron chi connectivity index (χ2n) is 5.26. The predicted molar refractivity (Wildman–Crippen MR) is 82.5 cm³/mol.